The number of rotatable bonds is 6. The Morgan fingerprint density at radius 1 is 1.31 bits per heavy atom. The fraction of sp³-hybridized carbons (Fsp3) is 0.524. The minimum Gasteiger partial charge on any atom is -0.332 e. The quantitative estimate of drug-likeness (QED) is 0.865. The van der Waals surface area contributed by atoms with Gasteiger partial charge in [0.25, 0.3) is 0 Å². The van der Waals surface area contributed by atoms with Crippen LogP contribution >= 0.6 is 0 Å². The van der Waals surface area contributed by atoms with Crippen molar-refractivity contribution >= 4 is 16.9 Å². The van der Waals surface area contributed by atoms with E-state index < -0.39 is 0 Å². The van der Waals surface area contributed by atoms with Crippen molar-refractivity contribution in [3.63, 3.8) is 0 Å². The number of hydrogen-bond acceptors (Lipinski definition) is 3. The van der Waals surface area contributed by atoms with Gasteiger partial charge in [0.1, 0.15) is 0 Å². The normalized spacial score (nSPS) is 17.8. The molecule has 5 nitrogen and oxygen atoms in total. The summed E-state index contributed by atoms with van der Waals surface area (Å²) in [6, 6.07) is 12.0. The molecule has 2 heterocycles. The number of aromatic nitrogens is 1. The standard InChI is InChI=1S/C21H30N4O/c1-16(2)13-25-11-10-17(15-25)14-24(3)21(26)22-12-19-9-8-18-6-4-5-7-20(18)23-19/h4-9,16-17H,10-15H2,1-3H3,(H,22,26)/t17-/m1/s1. The van der Waals surface area contributed by atoms with Crippen molar-refractivity contribution < 1.29 is 4.79 Å². The summed E-state index contributed by atoms with van der Waals surface area (Å²) in [5.74, 6) is 1.27. The Balaban J connectivity index is 1.46. The monoisotopic (exact) mass is 354 g/mol. The molecule has 1 atom stereocenters. The maximum absolute atomic E-state index is 12.4. The minimum atomic E-state index is -0.0257. The van der Waals surface area contributed by atoms with Gasteiger partial charge in [-0.05, 0) is 36.9 Å². The molecule has 0 spiro atoms. The number of hydrogen-bond donors (Lipinski definition) is 1. The zero-order chi connectivity index (χ0) is 18.5. The summed E-state index contributed by atoms with van der Waals surface area (Å²) in [4.78, 5) is 21.3. The predicted molar refractivity (Wildman–Crippen MR) is 106 cm³/mol. The van der Waals surface area contributed by atoms with Gasteiger partial charge in [0.15, 0.2) is 0 Å². The number of likely N-dealkylation sites (tertiary alicyclic amines) is 1. The first-order valence-corrected chi connectivity index (χ1v) is 9.57. The first-order chi connectivity index (χ1) is 12.5. The molecule has 0 radical (unpaired) electrons. The first kappa shape index (κ1) is 18.6. The Morgan fingerprint density at radius 3 is 2.92 bits per heavy atom. The van der Waals surface area contributed by atoms with Gasteiger partial charge in [-0.15, -0.1) is 0 Å². The summed E-state index contributed by atoms with van der Waals surface area (Å²) in [5.41, 5.74) is 1.85. The Morgan fingerprint density at radius 2 is 2.12 bits per heavy atom. The highest BCUT2D eigenvalue weighted by Gasteiger charge is 2.25. The Bertz CT molecular complexity index is 746. The number of nitrogens with one attached hydrogen (secondary N) is 1. The highest BCUT2D eigenvalue weighted by Crippen LogP contribution is 2.18. The fourth-order valence-electron chi connectivity index (χ4n) is 3.72. The molecule has 140 valence electrons. The number of amides is 2. The second-order valence-corrected chi connectivity index (χ2v) is 7.84. The van der Waals surface area contributed by atoms with Crippen LogP contribution in [0.5, 0.6) is 0 Å². The molecule has 1 fully saturated rings. The van der Waals surface area contributed by atoms with Gasteiger partial charge in [0.05, 0.1) is 17.8 Å². The van der Waals surface area contributed by atoms with Gasteiger partial charge in [-0.3, -0.25) is 4.98 Å². The van der Waals surface area contributed by atoms with Gasteiger partial charge in [0.2, 0.25) is 0 Å². The minimum absolute atomic E-state index is 0.0257. The molecule has 0 bridgehead atoms. The summed E-state index contributed by atoms with van der Waals surface area (Å²) >= 11 is 0. The van der Waals surface area contributed by atoms with Crippen LogP contribution in [0, 0.1) is 11.8 Å². The molecule has 0 unspecified atom stereocenters. The molecule has 1 aromatic heterocycles. The van der Waals surface area contributed by atoms with Crippen LogP contribution in [-0.4, -0.2) is 54.0 Å². The molecule has 1 aromatic carbocycles. The highest BCUT2D eigenvalue weighted by molar-refractivity contribution is 5.78. The lowest BCUT2D eigenvalue weighted by molar-refractivity contribution is 0.198. The lowest BCUT2D eigenvalue weighted by Crippen LogP contribution is -2.40. The van der Waals surface area contributed by atoms with Crippen molar-refractivity contribution in [2.45, 2.75) is 26.8 Å². The van der Waals surface area contributed by atoms with E-state index in [9.17, 15) is 4.79 Å². The third-order valence-corrected chi connectivity index (χ3v) is 4.95. The lowest BCUT2D eigenvalue weighted by Gasteiger charge is -2.22. The summed E-state index contributed by atoms with van der Waals surface area (Å²) in [5, 5.41) is 4.11. The molecule has 0 saturated carbocycles. The van der Waals surface area contributed by atoms with Gasteiger partial charge in [-0.25, -0.2) is 4.79 Å². The SMILES string of the molecule is CC(C)CN1CC[C@H](CN(C)C(=O)NCc2ccc3ccccc3n2)C1. The summed E-state index contributed by atoms with van der Waals surface area (Å²) in [6.45, 7) is 9.19. The second kappa shape index (κ2) is 8.49. The van der Waals surface area contributed by atoms with Gasteiger partial charge >= 0.3 is 6.03 Å². The molecule has 3 rings (SSSR count). The van der Waals surface area contributed by atoms with E-state index in [0.29, 0.717) is 18.4 Å². The molecular formula is C21H30N4O. The molecule has 0 aliphatic carbocycles. The smallest absolute Gasteiger partial charge is 0.317 e. The maximum Gasteiger partial charge on any atom is 0.317 e. The van der Waals surface area contributed by atoms with Crippen LogP contribution in [0.3, 0.4) is 0 Å². The summed E-state index contributed by atoms with van der Waals surface area (Å²) in [7, 11) is 1.88. The zero-order valence-corrected chi connectivity index (χ0v) is 16.1. The summed E-state index contributed by atoms with van der Waals surface area (Å²) < 4.78 is 0. The van der Waals surface area contributed by atoms with Crippen LogP contribution < -0.4 is 5.32 Å². The van der Waals surface area contributed by atoms with E-state index in [2.05, 4.69) is 35.1 Å². The molecule has 2 amide bonds. The van der Waals surface area contributed by atoms with E-state index in [1.54, 1.807) is 0 Å². The lowest BCUT2D eigenvalue weighted by atomic mass is 10.1. The number of pyridine rings is 1. The van der Waals surface area contributed by atoms with Gasteiger partial charge < -0.3 is 15.1 Å². The number of para-hydroxylation sites is 1. The average Bonchev–Trinajstić information content (AvgIpc) is 3.05. The first-order valence-electron chi connectivity index (χ1n) is 9.57. The molecular weight excluding hydrogens is 324 g/mol. The highest BCUT2D eigenvalue weighted by atomic mass is 16.2. The third-order valence-electron chi connectivity index (χ3n) is 4.95. The number of benzene rings is 1. The molecule has 1 aliphatic rings. The number of carbonyl (C=O) groups excluding carboxylic acids is 1. The van der Waals surface area contributed by atoms with Crippen LogP contribution in [0.1, 0.15) is 26.0 Å². The van der Waals surface area contributed by atoms with E-state index in [1.165, 1.54) is 6.42 Å². The van der Waals surface area contributed by atoms with Crippen LogP contribution in [0.25, 0.3) is 10.9 Å². The molecule has 2 aromatic rings. The Hall–Kier alpha value is -2.14. The molecule has 1 aliphatic heterocycles. The Kier molecular flexibility index (Phi) is 6.09. The van der Waals surface area contributed by atoms with Crippen molar-refractivity contribution in [1.82, 2.24) is 20.1 Å². The molecule has 1 saturated heterocycles. The summed E-state index contributed by atoms with van der Waals surface area (Å²) in [6.07, 6.45) is 1.18. The van der Waals surface area contributed by atoms with E-state index in [0.717, 1.165) is 42.8 Å². The van der Waals surface area contributed by atoms with E-state index in [1.807, 2.05) is 42.3 Å². The van der Waals surface area contributed by atoms with Crippen LogP contribution in [0.4, 0.5) is 4.79 Å². The van der Waals surface area contributed by atoms with Gasteiger partial charge in [-0.1, -0.05) is 38.1 Å². The van der Waals surface area contributed by atoms with Crippen LogP contribution in [0.15, 0.2) is 36.4 Å². The third kappa shape index (κ3) is 4.94. The second-order valence-electron chi connectivity index (χ2n) is 7.84. The van der Waals surface area contributed by atoms with Crippen molar-refractivity contribution in [3.8, 4) is 0 Å². The average molecular weight is 354 g/mol. The van der Waals surface area contributed by atoms with Crippen molar-refractivity contribution in [2.75, 3.05) is 33.2 Å². The van der Waals surface area contributed by atoms with Gasteiger partial charge in [0, 0.05) is 32.1 Å². The number of urea groups is 1. The van der Waals surface area contributed by atoms with Crippen molar-refractivity contribution in [2.24, 2.45) is 11.8 Å². The molecule has 26 heavy (non-hydrogen) atoms. The number of nitrogens with zero attached hydrogens (tertiary/aromatic N) is 3. The van der Waals surface area contributed by atoms with E-state index >= 15 is 0 Å². The number of fused-ring (bicyclic) bond motifs is 1. The zero-order valence-electron chi connectivity index (χ0n) is 16.1. The van der Waals surface area contributed by atoms with Crippen molar-refractivity contribution in [3.05, 3.63) is 42.1 Å². The molecule has 5 heteroatoms. The van der Waals surface area contributed by atoms with E-state index in [-0.39, 0.29) is 6.03 Å². The Labute approximate surface area is 156 Å². The molecule has 1 N–H and O–H groups in total. The largest absolute Gasteiger partial charge is 0.332 e. The fourth-order valence-corrected chi connectivity index (χ4v) is 3.72. The topological polar surface area (TPSA) is 48.5 Å². The maximum atomic E-state index is 12.4. The van der Waals surface area contributed by atoms with Crippen LogP contribution in [-0.2, 0) is 6.54 Å². The van der Waals surface area contributed by atoms with Crippen LogP contribution in [0.2, 0.25) is 0 Å². The van der Waals surface area contributed by atoms with Crippen molar-refractivity contribution in [1.29, 1.82) is 0 Å². The predicted octanol–water partition coefficient (Wildman–Crippen LogP) is 3.35. The number of carbonyl (C=O) groups is 1. The van der Waals surface area contributed by atoms with Gasteiger partial charge in [-0.2, -0.15) is 0 Å². The van der Waals surface area contributed by atoms with E-state index in [4.69, 9.17) is 0 Å².